The average molecular weight is 237 g/mol. The largest absolute Gasteiger partial charge is 0.325 e. The van der Waals surface area contributed by atoms with Crippen molar-refractivity contribution >= 4 is 11.6 Å². The molecule has 1 aliphatic rings. The summed E-state index contributed by atoms with van der Waals surface area (Å²) in [7, 11) is 0. The minimum Gasteiger partial charge on any atom is -0.325 e. The standard InChI is InChI=1S/C12H16FN3O/c13-10-3-1-2-4-11(10)15-12(17)5-6-16-7-9(14)8-16/h1-4,9H,5-8,14H2,(H,15,17). The van der Waals surface area contributed by atoms with Gasteiger partial charge in [-0.25, -0.2) is 4.39 Å². The van der Waals surface area contributed by atoms with E-state index in [1.807, 2.05) is 0 Å². The number of benzene rings is 1. The second-order valence-corrected chi connectivity index (χ2v) is 4.30. The van der Waals surface area contributed by atoms with E-state index in [0.717, 1.165) is 13.1 Å². The van der Waals surface area contributed by atoms with Crippen LogP contribution in [0.1, 0.15) is 6.42 Å². The Balaban J connectivity index is 1.76. The van der Waals surface area contributed by atoms with E-state index in [1.54, 1.807) is 18.2 Å². The lowest BCUT2D eigenvalue weighted by atomic mass is 10.1. The van der Waals surface area contributed by atoms with Gasteiger partial charge < -0.3 is 11.1 Å². The van der Waals surface area contributed by atoms with Gasteiger partial charge in [-0.2, -0.15) is 0 Å². The van der Waals surface area contributed by atoms with Gasteiger partial charge in [0.05, 0.1) is 5.69 Å². The molecule has 1 aromatic carbocycles. The van der Waals surface area contributed by atoms with Crippen LogP contribution in [-0.4, -0.2) is 36.5 Å². The number of anilines is 1. The Morgan fingerprint density at radius 2 is 2.18 bits per heavy atom. The normalized spacial score (nSPS) is 16.6. The molecule has 0 unspecified atom stereocenters. The van der Waals surface area contributed by atoms with Gasteiger partial charge in [0.25, 0.3) is 0 Å². The fourth-order valence-corrected chi connectivity index (χ4v) is 1.83. The minimum atomic E-state index is -0.410. The van der Waals surface area contributed by atoms with Gasteiger partial charge in [-0.1, -0.05) is 12.1 Å². The molecule has 0 bridgehead atoms. The third-order valence-corrected chi connectivity index (χ3v) is 2.79. The maximum atomic E-state index is 13.2. The topological polar surface area (TPSA) is 58.4 Å². The van der Waals surface area contributed by atoms with Crippen molar-refractivity contribution in [2.75, 3.05) is 25.0 Å². The molecule has 4 nitrogen and oxygen atoms in total. The van der Waals surface area contributed by atoms with Crippen LogP contribution in [0.15, 0.2) is 24.3 Å². The Bertz CT molecular complexity index is 404. The zero-order valence-electron chi connectivity index (χ0n) is 9.53. The van der Waals surface area contributed by atoms with Gasteiger partial charge in [0.1, 0.15) is 5.82 Å². The van der Waals surface area contributed by atoms with E-state index in [2.05, 4.69) is 10.2 Å². The van der Waals surface area contributed by atoms with E-state index in [9.17, 15) is 9.18 Å². The number of halogens is 1. The number of carbonyl (C=O) groups is 1. The molecule has 92 valence electrons. The highest BCUT2D eigenvalue weighted by molar-refractivity contribution is 5.90. The molecule has 0 saturated carbocycles. The number of rotatable bonds is 4. The molecule has 1 aromatic rings. The van der Waals surface area contributed by atoms with Gasteiger partial charge >= 0.3 is 0 Å². The molecule has 5 heteroatoms. The molecule has 1 amide bonds. The van der Waals surface area contributed by atoms with Gasteiger partial charge in [0.2, 0.25) is 5.91 Å². The highest BCUT2D eigenvalue weighted by Gasteiger charge is 2.22. The highest BCUT2D eigenvalue weighted by atomic mass is 19.1. The van der Waals surface area contributed by atoms with Crippen LogP contribution in [0.25, 0.3) is 0 Å². The van der Waals surface area contributed by atoms with Crippen molar-refractivity contribution < 1.29 is 9.18 Å². The molecule has 17 heavy (non-hydrogen) atoms. The van der Waals surface area contributed by atoms with Crippen molar-refractivity contribution in [3.63, 3.8) is 0 Å². The molecule has 0 radical (unpaired) electrons. The fraction of sp³-hybridized carbons (Fsp3) is 0.417. The summed E-state index contributed by atoms with van der Waals surface area (Å²) in [4.78, 5) is 13.7. The summed E-state index contributed by atoms with van der Waals surface area (Å²) >= 11 is 0. The van der Waals surface area contributed by atoms with Gasteiger partial charge in [0.15, 0.2) is 0 Å². The Hall–Kier alpha value is -1.46. The van der Waals surface area contributed by atoms with E-state index in [4.69, 9.17) is 5.73 Å². The van der Waals surface area contributed by atoms with Gasteiger partial charge in [-0.15, -0.1) is 0 Å². The lowest BCUT2D eigenvalue weighted by Gasteiger charge is -2.36. The number of likely N-dealkylation sites (tertiary alicyclic amines) is 1. The average Bonchev–Trinajstić information content (AvgIpc) is 2.26. The molecule has 0 aromatic heterocycles. The Kier molecular flexibility index (Phi) is 3.71. The maximum absolute atomic E-state index is 13.2. The van der Waals surface area contributed by atoms with E-state index in [1.165, 1.54) is 6.07 Å². The van der Waals surface area contributed by atoms with Gasteiger partial charge in [-0.3, -0.25) is 9.69 Å². The zero-order chi connectivity index (χ0) is 12.3. The lowest BCUT2D eigenvalue weighted by molar-refractivity contribution is -0.116. The van der Waals surface area contributed by atoms with Crippen LogP contribution in [0, 0.1) is 5.82 Å². The summed E-state index contributed by atoms with van der Waals surface area (Å²) in [5, 5.41) is 2.55. The first-order chi connectivity index (χ1) is 8.15. The van der Waals surface area contributed by atoms with Crippen molar-refractivity contribution in [2.45, 2.75) is 12.5 Å². The third kappa shape index (κ3) is 3.25. The number of hydrogen-bond acceptors (Lipinski definition) is 3. The Labute approximate surface area is 99.6 Å². The summed E-state index contributed by atoms with van der Waals surface area (Å²) < 4.78 is 13.2. The maximum Gasteiger partial charge on any atom is 0.225 e. The molecule has 1 aliphatic heterocycles. The molecule has 0 atom stereocenters. The summed E-state index contributed by atoms with van der Waals surface area (Å²) in [6.07, 6.45) is 0.362. The molecule has 1 heterocycles. The first-order valence-corrected chi connectivity index (χ1v) is 5.67. The minimum absolute atomic E-state index is 0.171. The van der Waals surface area contributed by atoms with Gasteiger partial charge in [0, 0.05) is 32.1 Å². The molecule has 0 aliphatic carbocycles. The summed E-state index contributed by atoms with van der Waals surface area (Å²) in [5.74, 6) is -0.581. The number of amides is 1. The third-order valence-electron chi connectivity index (χ3n) is 2.79. The highest BCUT2D eigenvalue weighted by Crippen LogP contribution is 2.13. The lowest BCUT2D eigenvalue weighted by Crippen LogP contribution is -2.56. The molecule has 2 rings (SSSR count). The Morgan fingerprint density at radius 3 is 2.82 bits per heavy atom. The van der Waals surface area contributed by atoms with Crippen LogP contribution in [0.5, 0.6) is 0 Å². The van der Waals surface area contributed by atoms with Crippen LogP contribution < -0.4 is 11.1 Å². The van der Waals surface area contributed by atoms with E-state index >= 15 is 0 Å². The fourth-order valence-electron chi connectivity index (χ4n) is 1.83. The predicted octanol–water partition coefficient (Wildman–Crippen LogP) is 0.797. The number of nitrogens with zero attached hydrogens (tertiary/aromatic N) is 1. The number of nitrogens with two attached hydrogens (primary N) is 1. The number of para-hydroxylation sites is 1. The second-order valence-electron chi connectivity index (χ2n) is 4.30. The van der Waals surface area contributed by atoms with Crippen LogP contribution in [0.3, 0.4) is 0 Å². The monoisotopic (exact) mass is 237 g/mol. The van der Waals surface area contributed by atoms with Gasteiger partial charge in [-0.05, 0) is 12.1 Å². The van der Waals surface area contributed by atoms with Crippen molar-refractivity contribution in [3.8, 4) is 0 Å². The second kappa shape index (κ2) is 5.25. The van der Waals surface area contributed by atoms with E-state index in [0.29, 0.717) is 13.0 Å². The molecule has 1 fully saturated rings. The van der Waals surface area contributed by atoms with E-state index < -0.39 is 5.82 Å². The van der Waals surface area contributed by atoms with Crippen LogP contribution in [0.2, 0.25) is 0 Å². The first-order valence-electron chi connectivity index (χ1n) is 5.67. The van der Waals surface area contributed by atoms with Crippen LogP contribution in [-0.2, 0) is 4.79 Å². The summed E-state index contributed by atoms with van der Waals surface area (Å²) in [6.45, 7) is 2.36. The zero-order valence-corrected chi connectivity index (χ0v) is 9.53. The summed E-state index contributed by atoms with van der Waals surface area (Å²) in [5.41, 5.74) is 5.86. The van der Waals surface area contributed by atoms with Crippen LogP contribution >= 0.6 is 0 Å². The molecule has 3 N–H and O–H groups in total. The van der Waals surface area contributed by atoms with E-state index in [-0.39, 0.29) is 17.6 Å². The predicted molar refractivity (Wildman–Crippen MR) is 64.1 cm³/mol. The van der Waals surface area contributed by atoms with Crippen molar-refractivity contribution in [3.05, 3.63) is 30.1 Å². The van der Waals surface area contributed by atoms with Crippen molar-refractivity contribution in [1.82, 2.24) is 4.90 Å². The molecule has 0 spiro atoms. The SMILES string of the molecule is NC1CN(CCC(=O)Nc2ccccc2F)C1. The first kappa shape index (κ1) is 12.0. The quantitative estimate of drug-likeness (QED) is 0.814. The van der Waals surface area contributed by atoms with Crippen molar-refractivity contribution in [2.24, 2.45) is 5.73 Å². The number of carbonyl (C=O) groups excluding carboxylic acids is 1. The molecule has 1 saturated heterocycles. The Morgan fingerprint density at radius 1 is 1.47 bits per heavy atom. The molecular formula is C12H16FN3O. The molecular weight excluding hydrogens is 221 g/mol. The number of hydrogen-bond donors (Lipinski definition) is 2. The smallest absolute Gasteiger partial charge is 0.225 e. The summed E-state index contributed by atoms with van der Waals surface area (Å²) in [6, 6.07) is 6.39. The number of nitrogens with one attached hydrogen (secondary N) is 1. The van der Waals surface area contributed by atoms with Crippen LogP contribution in [0.4, 0.5) is 10.1 Å². The van der Waals surface area contributed by atoms with Crippen molar-refractivity contribution in [1.29, 1.82) is 0 Å².